The van der Waals surface area contributed by atoms with Crippen molar-refractivity contribution in [2.24, 2.45) is 0 Å². The van der Waals surface area contributed by atoms with Gasteiger partial charge in [-0.2, -0.15) is 0 Å². The van der Waals surface area contributed by atoms with Crippen molar-refractivity contribution >= 4 is 5.91 Å². The van der Waals surface area contributed by atoms with E-state index in [1.54, 1.807) is 0 Å². The highest BCUT2D eigenvalue weighted by Gasteiger charge is 2.31. The summed E-state index contributed by atoms with van der Waals surface area (Å²) in [5.74, 6) is 1.93. The van der Waals surface area contributed by atoms with Gasteiger partial charge in [0.2, 0.25) is 0 Å². The van der Waals surface area contributed by atoms with Gasteiger partial charge in [-0.3, -0.25) is 4.79 Å². The highest BCUT2D eigenvalue weighted by Crippen LogP contribution is 2.30. The lowest BCUT2D eigenvalue weighted by Gasteiger charge is -2.35. The summed E-state index contributed by atoms with van der Waals surface area (Å²) in [7, 11) is 0. The number of fused-ring (bicyclic) bond motifs is 1. The van der Waals surface area contributed by atoms with Crippen molar-refractivity contribution in [2.75, 3.05) is 19.7 Å². The summed E-state index contributed by atoms with van der Waals surface area (Å²) in [6, 6.07) is 7.90. The van der Waals surface area contributed by atoms with E-state index < -0.39 is 0 Å². The van der Waals surface area contributed by atoms with Crippen molar-refractivity contribution in [1.29, 1.82) is 0 Å². The predicted molar refractivity (Wildman–Crippen MR) is 112 cm³/mol. The average molecular weight is 395 g/mol. The Morgan fingerprint density at radius 1 is 1.31 bits per heavy atom. The molecule has 6 nitrogen and oxygen atoms in total. The largest absolute Gasteiger partial charge is 0.483 e. The second-order valence-corrected chi connectivity index (χ2v) is 8.21. The molecular formula is C23H30N4O2. The number of carbonyl (C=O) groups excluding carboxylic acids is 1. The maximum Gasteiger partial charge on any atom is 0.261 e. The molecule has 1 N–H and O–H groups in total. The quantitative estimate of drug-likeness (QED) is 0.842. The van der Waals surface area contributed by atoms with Gasteiger partial charge in [-0.15, -0.1) is 0 Å². The number of hydrogen-bond donors (Lipinski definition) is 1. The molecule has 0 aliphatic carbocycles. The molecule has 29 heavy (non-hydrogen) atoms. The Morgan fingerprint density at radius 2 is 2.17 bits per heavy atom. The molecule has 1 aromatic carbocycles. The highest BCUT2D eigenvalue weighted by molar-refractivity contribution is 5.78. The van der Waals surface area contributed by atoms with Gasteiger partial charge in [0.05, 0.1) is 6.04 Å². The van der Waals surface area contributed by atoms with Crippen LogP contribution in [0.15, 0.2) is 30.5 Å². The molecule has 1 unspecified atom stereocenters. The first-order valence-corrected chi connectivity index (χ1v) is 10.7. The second-order valence-electron chi connectivity index (χ2n) is 8.21. The zero-order chi connectivity index (χ0) is 20.2. The molecule has 1 aromatic heterocycles. The summed E-state index contributed by atoms with van der Waals surface area (Å²) >= 11 is 0. The van der Waals surface area contributed by atoms with Crippen LogP contribution in [-0.2, 0) is 17.8 Å². The second kappa shape index (κ2) is 8.91. The number of carbonyl (C=O) groups is 1. The minimum atomic E-state index is -0.0552. The first-order valence-electron chi connectivity index (χ1n) is 10.7. The number of nitrogens with zero attached hydrogens (tertiary/aromatic N) is 3. The molecule has 0 spiro atoms. The Kier molecular flexibility index (Phi) is 6.09. The molecule has 6 heteroatoms. The number of rotatable bonds is 5. The van der Waals surface area contributed by atoms with Crippen molar-refractivity contribution in [3.63, 3.8) is 0 Å². The molecule has 0 radical (unpaired) electrons. The van der Waals surface area contributed by atoms with Crippen molar-refractivity contribution in [3.05, 3.63) is 53.1 Å². The average Bonchev–Trinajstić information content (AvgIpc) is 2.77. The predicted octanol–water partition coefficient (Wildman–Crippen LogP) is 3.38. The van der Waals surface area contributed by atoms with Gasteiger partial charge < -0.3 is 15.0 Å². The number of amides is 1. The lowest BCUT2D eigenvalue weighted by molar-refractivity contribution is -0.137. The molecule has 2 aliphatic rings. The minimum Gasteiger partial charge on any atom is -0.483 e. The van der Waals surface area contributed by atoms with E-state index in [0.717, 1.165) is 68.1 Å². The molecule has 1 amide bonds. The van der Waals surface area contributed by atoms with Gasteiger partial charge in [-0.1, -0.05) is 32.0 Å². The number of piperidine rings is 1. The smallest absolute Gasteiger partial charge is 0.261 e. The Balaban J connectivity index is 1.48. The molecule has 1 saturated heterocycles. The Hall–Kier alpha value is -2.47. The third-order valence-corrected chi connectivity index (χ3v) is 5.84. The summed E-state index contributed by atoms with van der Waals surface area (Å²) in [6.07, 6.45) is 5.86. The van der Waals surface area contributed by atoms with Crippen LogP contribution in [0.25, 0.3) is 0 Å². The van der Waals surface area contributed by atoms with Gasteiger partial charge in [0, 0.05) is 43.5 Å². The van der Waals surface area contributed by atoms with Gasteiger partial charge >= 0.3 is 0 Å². The van der Waals surface area contributed by atoms with Gasteiger partial charge in [0.1, 0.15) is 5.75 Å². The number of nitrogens with one attached hydrogen (secondary N) is 1. The van der Waals surface area contributed by atoms with Crippen molar-refractivity contribution < 1.29 is 9.53 Å². The number of ether oxygens (including phenoxy) is 1. The zero-order valence-electron chi connectivity index (χ0n) is 17.4. The van der Waals surface area contributed by atoms with Crippen LogP contribution in [0.4, 0.5) is 0 Å². The highest BCUT2D eigenvalue weighted by atomic mass is 16.5. The van der Waals surface area contributed by atoms with Crippen LogP contribution in [0.5, 0.6) is 5.75 Å². The lowest BCUT2D eigenvalue weighted by Crippen LogP contribution is -2.42. The first-order chi connectivity index (χ1) is 14.1. The SMILES string of the molecule is CC(C)c1ccccc1OCC(=O)N1CCCCC1c1ncc2c(n1)CCNC2. The van der Waals surface area contributed by atoms with Crippen molar-refractivity contribution in [1.82, 2.24) is 20.2 Å². The van der Waals surface area contributed by atoms with Crippen molar-refractivity contribution in [2.45, 2.75) is 58.0 Å². The maximum atomic E-state index is 13.1. The maximum absolute atomic E-state index is 13.1. The number of likely N-dealkylation sites (tertiary alicyclic amines) is 1. The number of para-hydroxylation sites is 1. The van der Waals surface area contributed by atoms with E-state index in [4.69, 9.17) is 9.72 Å². The number of benzene rings is 1. The molecule has 2 aliphatic heterocycles. The van der Waals surface area contributed by atoms with E-state index >= 15 is 0 Å². The molecule has 1 fully saturated rings. The normalized spacial score (nSPS) is 19.1. The zero-order valence-corrected chi connectivity index (χ0v) is 17.4. The van der Waals surface area contributed by atoms with Crippen LogP contribution >= 0.6 is 0 Å². The monoisotopic (exact) mass is 394 g/mol. The molecule has 3 heterocycles. The minimum absolute atomic E-state index is 0.0104. The van der Waals surface area contributed by atoms with E-state index in [2.05, 4.69) is 30.2 Å². The summed E-state index contributed by atoms with van der Waals surface area (Å²) in [6.45, 7) is 6.82. The third kappa shape index (κ3) is 4.42. The summed E-state index contributed by atoms with van der Waals surface area (Å²) < 4.78 is 5.95. The fourth-order valence-corrected chi connectivity index (χ4v) is 4.22. The third-order valence-electron chi connectivity index (χ3n) is 5.84. The molecular weight excluding hydrogens is 364 g/mol. The molecule has 154 valence electrons. The summed E-state index contributed by atoms with van der Waals surface area (Å²) in [5, 5.41) is 3.35. The van der Waals surface area contributed by atoms with Crippen LogP contribution in [0.3, 0.4) is 0 Å². The van der Waals surface area contributed by atoms with Gasteiger partial charge in [-0.05, 0) is 36.8 Å². The molecule has 1 atom stereocenters. The Bertz CT molecular complexity index is 868. The van der Waals surface area contributed by atoms with Gasteiger partial charge in [0.15, 0.2) is 12.4 Å². The number of aromatic nitrogens is 2. The first kappa shape index (κ1) is 19.8. The molecule has 0 saturated carbocycles. The Labute approximate surface area is 172 Å². The summed E-state index contributed by atoms with van der Waals surface area (Å²) in [5.41, 5.74) is 3.42. The lowest BCUT2D eigenvalue weighted by atomic mass is 10.0. The fraction of sp³-hybridized carbons (Fsp3) is 0.522. The van der Waals surface area contributed by atoms with E-state index in [0.29, 0.717) is 5.92 Å². The van der Waals surface area contributed by atoms with Gasteiger partial charge in [-0.25, -0.2) is 9.97 Å². The van der Waals surface area contributed by atoms with Crippen molar-refractivity contribution in [3.8, 4) is 5.75 Å². The van der Waals surface area contributed by atoms with E-state index in [9.17, 15) is 4.79 Å². The van der Waals surface area contributed by atoms with Crippen LogP contribution in [-0.4, -0.2) is 40.5 Å². The fourth-order valence-electron chi connectivity index (χ4n) is 4.22. The van der Waals surface area contributed by atoms with Crippen LogP contribution in [0, 0.1) is 0 Å². The van der Waals surface area contributed by atoms with E-state index in [-0.39, 0.29) is 18.6 Å². The molecule has 0 bridgehead atoms. The van der Waals surface area contributed by atoms with Crippen LogP contribution in [0.1, 0.15) is 67.7 Å². The number of hydrogen-bond acceptors (Lipinski definition) is 5. The molecule has 2 aromatic rings. The van der Waals surface area contributed by atoms with E-state index in [1.165, 1.54) is 5.56 Å². The van der Waals surface area contributed by atoms with Gasteiger partial charge in [0.25, 0.3) is 5.91 Å². The van der Waals surface area contributed by atoms with Crippen LogP contribution in [0.2, 0.25) is 0 Å². The molecule has 4 rings (SSSR count). The summed E-state index contributed by atoms with van der Waals surface area (Å²) in [4.78, 5) is 24.4. The standard InChI is InChI=1S/C23H30N4O2/c1-16(2)18-7-3-4-9-21(18)29-15-22(28)27-12-6-5-8-20(27)23-25-14-17-13-24-11-10-19(17)26-23/h3-4,7,9,14,16,20,24H,5-6,8,10-13,15H2,1-2H3. The Morgan fingerprint density at radius 3 is 3.03 bits per heavy atom. The van der Waals surface area contributed by atoms with Crippen LogP contribution < -0.4 is 10.1 Å². The topological polar surface area (TPSA) is 67.3 Å². The van der Waals surface area contributed by atoms with E-state index in [1.807, 2.05) is 29.3 Å².